The van der Waals surface area contributed by atoms with E-state index in [4.69, 9.17) is 4.52 Å². The average molecular weight is 269 g/mol. The first-order valence-electron chi connectivity index (χ1n) is 6.97. The van der Waals surface area contributed by atoms with E-state index in [1.54, 1.807) is 0 Å². The summed E-state index contributed by atoms with van der Waals surface area (Å²) in [5, 5.41) is 8.22. The molecule has 0 spiro atoms. The Morgan fingerprint density at radius 3 is 3.17 bits per heavy atom. The van der Waals surface area contributed by atoms with E-state index in [-0.39, 0.29) is 6.04 Å². The zero-order valence-corrected chi connectivity index (χ0v) is 12.1. The Morgan fingerprint density at radius 1 is 1.44 bits per heavy atom. The number of thioether (sulfide) groups is 1. The topological polar surface area (TPSA) is 51.0 Å². The Balaban J connectivity index is 1.88. The van der Waals surface area contributed by atoms with Gasteiger partial charge in [0.2, 0.25) is 5.89 Å². The Bertz CT molecular complexity index is 348. The molecular weight excluding hydrogens is 246 g/mol. The number of hydrogen-bond donors (Lipinski definition) is 1. The smallest absolute Gasteiger partial charge is 0.243 e. The van der Waals surface area contributed by atoms with Gasteiger partial charge in [-0.25, -0.2) is 0 Å². The quantitative estimate of drug-likeness (QED) is 0.888. The van der Waals surface area contributed by atoms with Crippen LogP contribution in [0.25, 0.3) is 0 Å². The summed E-state index contributed by atoms with van der Waals surface area (Å²) in [6.07, 6.45) is 6.09. The molecule has 2 atom stereocenters. The summed E-state index contributed by atoms with van der Waals surface area (Å²) in [4.78, 5) is 4.52. The van der Waals surface area contributed by atoms with Crippen LogP contribution in [0.3, 0.4) is 0 Å². The van der Waals surface area contributed by atoms with Gasteiger partial charge >= 0.3 is 0 Å². The lowest BCUT2D eigenvalue weighted by atomic mass is 10.1. The lowest BCUT2D eigenvalue weighted by Gasteiger charge is -2.09. The van der Waals surface area contributed by atoms with Gasteiger partial charge in [0.1, 0.15) is 0 Å². The van der Waals surface area contributed by atoms with Crippen LogP contribution in [0.2, 0.25) is 0 Å². The Hall–Kier alpha value is -0.550. The molecule has 5 heteroatoms. The third kappa shape index (κ3) is 3.99. The van der Waals surface area contributed by atoms with E-state index >= 15 is 0 Å². The van der Waals surface area contributed by atoms with Crippen molar-refractivity contribution >= 4 is 11.8 Å². The minimum absolute atomic E-state index is 0.266. The van der Waals surface area contributed by atoms with Gasteiger partial charge in [-0.05, 0) is 25.8 Å². The van der Waals surface area contributed by atoms with Crippen molar-refractivity contribution in [3.63, 3.8) is 0 Å². The van der Waals surface area contributed by atoms with Crippen molar-refractivity contribution in [1.29, 1.82) is 0 Å². The molecule has 1 aromatic heterocycles. The molecule has 102 valence electrons. The first-order valence-corrected chi connectivity index (χ1v) is 8.02. The Labute approximate surface area is 113 Å². The van der Waals surface area contributed by atoms with Crippen molar-refractivity contribution in [3.05, 3.63) is 11.7 Å². The van der Waals surface area contributed by atoms with Gasteiger partial charge in [-0.15, -0.1) is 0 Å². The van der Waals surface area contributed by atoms with Crippen molar-refractivity contribution in [2.75, 3.05) is 6.54 Å². The number of rotatable bonds is 5. The number of hydrogen-bond acceptors (Lipinski definition) is 5. The molecule has 1 saturated heterocycles. The fourth-order valence-corrected chi connectivity index (χ4v) is 2.83. The van der Waals surface area contributed by atoms with Gasteiger partial charge in [0.05, 0.1) is 11.8 Å². The second kappa shape index (κ2) is 7.14. The lowest BCUT2D eigenvalue weighted by molar-refractivity contribution is 0.325. The molecule has 0 radical (unpaired) electrons. The normalized spacial score (nSPS) is 22.7. The lowest BCUT2D eigenvalue weighted by Crippen LogP contribution is -2.20. The van der Waals surface area contributed by atoms with Crippen LogP contribution in [0.5, 0.6) is 0 Å². The summed E-state index contributed by atoms with van der Waals surface area (Å²) in [7, 11) is 0. The van der Waals surface area contributed by atoms with Crippen molar-refractivity contribution in [1.82, 2.24) is 15.5 Å². The SMILES string of the molecule is CCC(C)SCc1noc(C2CCCCCN2)n1. The zero-order valence-electron chi connectivity index (χ0n) is 11.3. The summed E-state index contributed by atoms with van der Waals surface area (Å²) in [5.41, 5.74) is 0. The van der Waals surface area contributed by atoms with Crippen molar-refractivity contribution in [2.45, 2.75) is 63.0 Å². The summed E-state index contributed by atoms with van der Waals surface area (Å²) in [6, 6.07) is 0.266. The molecule has 0 saturated carbocycles. The molecule has 0 bridgehead atoms. The third-order valence-electron chi connectivity index (χ3n) is 3.41. The molecular formula is C13H23N3OS. The fourth-order valence-electron chi connectivity index (χ4n) is 2.04. The Morgan fingerprint density at radius 2 is 2.33 bits per heavy atom. The van der Waals surface area contributed by atoms with Gasteiger partial charge < -0.3 is 9.84 Å². The summed E-state index contributed by atoms with van der Waals surface area (Å²) in [5.74, 6) is 2.46. The standard InChI is InChI=1S/C13H23N3OS/c1-3-10(2)18-9-12-15-13(17-16-12)11-7-5-4-6-8-14-11/h10-11,14H,3-9H2,1-2H3. The van der Waals surface area contributed by atoms with Crippen molar-refractivity contribution in [3.8, 4) is 0 Å². The molecule has 2 heterocycles. The van der Waals surface area contributed by atoms with Gasteiger partial charge in [-0.3, -0.25) is 0 Å². The number of nitrogens with zero attached hydrogens (tertiary/aromatic N) is 2. The molecule has 1 aromatic rings. The van der Waals surface area contributed by atoms with E-state index < -0.39 is 0 Å². The molecule has 2 unspecified atom stereocenters. The predicted octanol–water partition coefficient (Wildman–Crippen LogP) is 3.31. The van der Waals surface area contributed by atoms with E-state index in [2.05, 4.69) is 29.3 Å². The Kier molecular flexibility index (Phi) is 5.50. The summed E-state index contributed by atoms with van der Waals surface area (Å²) >= 11 is 1.89. The molecule has 1 aliphatic rings. The fraction of sp³-hybridized carbons (Fsp3) is 0.846. The third-order valence-corrected chi connectivity index (χ3v) is 4.74. The van der Waals surface area contributed by atoms with Crippen LogP contribution in [0, 0.1) is 0 Å². The van der Waals surface area contributed by atoms with Crippen LogP contribution in [0.1, 0.15) is 63.7 Å². The first kappa shape index (κ1) is 13.9. The molecule has 1 aliphatic heterocycles. The van der Waals surface area contributed by atoms with Gasteiger partial charge in [-0.2, -0.15) is 16.7 Å². The van der Waals surface area contributed by atoms with Crippen molar-refractivity contribution < 1.29 is 4.52 Å². The summed E-state index contributed by atoms with van der Waals surface area (Å²) < 4.78 is 5.39. The highest BCUT2D eigenvalue weighted by Gasteiger charge is 2.20. The minimum Gasteiger partial charge on any atom is -0.338 e. The van der Waals surface area contributed by atoms with E-state index in [1.807, 2.05) is 11.8 Å². The highest BCUT2D eigenvalue weighted by atomic mass is 32.2. The van der Waals surface area contributed by atoms with Gasteiger partial charge in [0.15, 0.2) is 5.82 Å². The van der Waals surface area contributed by atoms with E-state index in [1.165, 1.54) is 25.7 Å². The molecule has 0 aliphatic carbocycles. The molecule has 4 nitrogen and oxygen atoms in total. The highest BCUT2D eigenvalue weighted by molar-refractivity contribution is 7.99. The first-order chi connectivity index (χ1) is 8.79. The van der Waals surface area contributed by atoms with Crippen LogP contribution in [-0.4, -0.2) is 21.9 Å². The predicted molar refractivity (Wildman–Crippen MR) is 74.6 cm³/mol. The maximum Gasteiger partial charge on any atom is 0.243 e. The monoisotopic (exact) mass is 269 g/mol. The van der Waals surface area contributed by atoms with Gasteiger partial charge in [0, 0.05) is 5.25 Å². The highest BCUT2D eigenvalue weighted by Crippen LogP contribution is 2.23. The van der Waals surface area contributed by atoms with Crippen LogP contribution in [0.15, 0.2) is 4.52 Å². The maximum absolute atomic E-state index is 5.39. The molecule has 1 N–H and O–H groups in total. The molecule has 1 fully saturated rings. The van der Waals surface area contributed by atoms with Gasteiger partial charge in [-0.1, -0.05) is 31.8 Å². The summed E-state index contributed by atoms with van der Waals surface area (Å²) in [6.45, 7) is 5.50. The van der Waals surface area contributed by atoms with E-state index in [0.717, 1.165) is 30.4 Å². The largest absolute Gasteiger partial charge is 0.338 e. The minimum atomic E-state index is 0.266. The van der Waals surface area contributed by atoms with Crippen LogP contribution >= 0.6 is 11.8 Å². The zero-order chi connectivity index (χ0) is 12.8. The van der Waals surface area contributed by atoms with E-state index in [0.29, 0.717) is 5.25 Å². The van der Waals surface area contributed by atoms with E-state index in [9.17, 15) is 0 Å². The molecule has 0 aromatic carbocycles. The van der Waals surface area contributed by atoms with Crippen LogP contribution < -0.4 is 5.32 Å². The van der Waals surface area contributed by atoms with Crippen molar-refractivity contribution in [2.24, 2.45) is 0 Å². The molecule has 18 heavy (non-hydrogen) atoms. The van der Waals surface area contributed by atoms with Crippen LogP contribution in [0.4, 0.5) is 0 Å². The molecule has 0 amide bonds. The maximum atomic E-state index is 5.39. The van der Waals surface area contributed by atoms with Gasteiger partial charge in [0.25, 0.3) is 0 Å². The number of nitrogens with one attached hydrogen (secondary N) is 1. The molecule has 2 rings (SSSR count). The second-order valence-corrected chi connectivity index (χ2v) is 6.36. The van der Waals surface area contributed by atoms with Crippen LogP contribution in [-0.2, 0) is 5.75 Å². The average Bonchev–Trinajstić information content (AvgIpc) is 2.69. The second-order valence-electron chi connectivity index (χ2n) is 4.93. The number of aromatic nitrogens is 2.